The lowest BCUT2D eigenvalue weighted by Gasteiger charge is -2.37. The second-order valence-corrected chi connectivity index (χ2v) is 11.6. The maximum Gasteiger partial charge on any atom is 0.247 e. The van der Waals surface area contributed by atoms with Crippen molar-refractivity contribution in [2.75, 3.05) is 26.7 Å². The molecular formula is C29H34N2O5S. The topological polar surface area (TPSA) is 87.2 Å². The predicted molar refractivity (Wildman–Crippen MR) is 144 cm³/mol. The standard InChI is InChI=1S/C29H34N2O5S/c1-21-18-31(22(2)20-32)37(34,35)28-15-14-25(24-12-8-5-9-13-24)17-26(28)36-27(21)19-30(3)29(33)16-23-10-6-4-7-11-23/h4-15,17,21-22,27,32H,16,18-20H2,1-3H3/t21-,22-,27+/m0/s1. The number of aliphatic hydroxyl groups is 1. The molecule has 1 aliphatic rings. The van der Waals surface area contributed by atoms with Crippen LogP contribution in [0, 0.1) is 5.92 Å². The van der Waals surface area contributed by atoms with E-state index in [9.17, 15) is 18.3 Å². The molecule has 3 aromatic rings. The van der Waals surface area contributed by atoms with Gasteiger partial charge in [-0.15, -0.1) is 0 Å². The Hall–Kier alpha value is -3.20. The normalized spacial score (nSPS) is 20.1. The Bertz CT molecular complexity index is 1310. The summed E-state index contributed by atoms with van der Waals surface area (Å²) in [5.74, 6) is -0.0447. The first kappa shape index (κ1) is 26.9. The Labute approximate surface area is 219 Å². The van der Waals surface area contributed by atoms with Crippen LogP contribution in [0.4, 0.5) is 0 Å². The molecule has 1 heterocycles. The number of aliphatic hydroxyl groups excluding tert-OH is 1. The maximum atomic E-state index is 13.7. The lowest BCUT2D eigenvalue weighted by atomic mass is 10.0. The second-order valence-electron chi connectivity index (χ2n) is 9.70. The molecule has 0 aromatic heterocycles. The molecule has 4 rings (SSSR count). The zero-order valence-electron chi connectivity index (χ0n) is 21.4. The molecule has 3 aromatic carbocycles. The zero-order valence-corrected chi connectivity index (χ0v) is 22.3. The number of nitrogens with zero attached hydrogens (tertiary/aromatic N) is 2. The number of sulfonamides is 1. The number of carbonyl (C=O) groups excluding carboxylic acids is 1. The van der Waals surface area contributed by atoms with Gasteiger partial charge in [-0.05, 0) is 35.7 Å². The van der Waals surface area contributed by atoms with Crippen LogP contribution in [0.5, 0.6) is 5.75 Å². The van der Waals surface area contributed by atoms with E-state index in [0.717, 1.165) is 16.7 Å². The molecule has 0 aliphatic carbocycles. The number of hydrogen-bond acceptors (Lipinski definition) is 5. The second kappa shape index (κ2) is 11.5. The molecule has 37 heavy (non-hydrogen) atoms. The van der Waals surface area contributed by atoms with Gasteiger partial charge in [0.05, 0.1) is 19.6 Å². The third-order valence-corrected chi connectivity index (χ3v) is 8.87. The van der Waals surface area contributed by atoms with Crippen LogP contribution in [-0.4, -0.2) is 67.5 Å². The molecule has 0 saturated carbocycles. The number of rotatable bonds is 7. The number of benzene rings is 3. The minimum atomic E-state index is -3.93. The molecule has 0 spiro atoms. The molecule has 8 heteroatoms. The summed E-state index contributed by atoms with van der Waals surface area (Å²) in [7, 11) is -2.18. The Morgan fingerprint density at radius 2 is 1.70 bits per heavy atom. The van der Waals surface area contributed by atoms with Gasteiger partial charge in [0.1, 0.15) is 16.7 Å². The van der Waals surface area contributed by atoms with Crippen molar-refractivity contribution < 1.29 is 23.1 Å². The molecule has 0 bridgehead atoms. The Morgan fingerprint density at radius 1 is 1.05 bits per heavy atom. The van der Waals surface area contributed by atoms with Gasteiger partial charge in [0.15, 0.2) is 0 Å². The first-order valence-electron chi connectivity index (χ1n) is 12.5. The molecule has 196 valence electrons. The largest absolute Gasteiger partial charge is 0.487 e. The first-order chi connectivity index (χ1) is 17.7. The van der Waals surface area contributed by atoms with Gasteiger partial charge in [-0.1, -0.05) is 73.7 Å². The molecule has 1 N–H and O–H groups in total. The van der Waals surface area contributed by atoms with E-state index in [1.54, 1.807) is 37.1 Å². The van der Waals surface area contributed by atoms with Gasteiger partial charge >= 0.3 is 0 Å². The highest BCUT2D eigenvalue weighted by Gasteiger charge is 2.38. The number of hydrogen-bond donors (Lipinski definition) is 1. The fourth-order valence-corrected chi connectivity index (χ4v) is 6.36. The van der Waals surface area contributed by atoms with E-state index in [0.29, 0.717) is 6.54 Å². The summed E-state index contributed by atoms with van der Waals surface area (Å²) in [5, 5.41) is 9.84. The predicted octanol–water partition coefficient (Wildman–Crippen LogP) is 3.82. The third kappa shape index (κ3) is 6.04. The Morgan fingerprint density at radius 3 is 2.35 bits per heavy atom. The van der Waals surface area contributed by atoms with Crippen LogP contribution >= 0.6 is 0 Å². The monoisotopic (exact) mass is 522 g/mol. The smallest absolute Gasteiger partial charge is 0.247 e. The number of fused-ring (bicyclic) bond motifs is 1. The van der Waals surface area contributed by atoms with Gasteiger partial charge in [0.25, 0.3) is 0 Å². The Balaban J connectivity index is 1.69. The lowest BCUT2D eigenvalue weighted by Crippen LogP contribution is -2.50. The first-order valence-corrected chi connectivity index (χ1v) is 13.9. The van der Waals surface area contributed by atoms with Crippen molar-refractivity contribution in [3.05, 3.63) is 84.4 Å². The molecule has 7 nitrogen and oxygen atoms in total. The number of ether oxygens (including phenoxy) is 1. The molecular weight excluding hydrogens is 488 g/mol. The summed E-state index contributed by atoms with van der Waals surface area (Å²) < 4.78 is 35.1. The minimum Gasteiger partial charge on any atom is -0.487 e. The van der Waals surface area contributed by atoms with Gasteiger partial charge < -0.3 is 14.7 Å². The van der Waals surface area contributed by atoms with Crippen LogP contribution in [0.15, 0.2) is 83.8 Å². The highest BCUT2D eigenvalue weighted by atomic mass is 32.2. The van der Waals surface area contributed by atoms with Crippen molar-refractivity contribution in [2.45, 2.75) is 37.3 Å². The highest BCUT2D eigenvalue weighted by molar-refractivity contribution is 7.89. The summed E-state index contributed by atoms with van der Waals surface area (Å²) in [4.78, 5) is 14.7. The Kier molecular flexibility index (Phi) is 8.32. The SMILES string of the molecule is C[C@H]1CN([C@@H](C)CO)S(=O)(=O)c2ccc(-c3ccccc3)cc2O[C@@H]1CN(C)C(=O)Cc1ccccc1. The molecule has 1 amide bonds. The maximum absolute atomic E-state index is 13.7. The van der Waals surface area contributed by atoms with E-state index in [-0.39, 0.29) is 42.0 Å². The lowest BCUT2D eigenvalue weighted by molar-refractivity contribution is -0.130. The van der Waals surface area contributed by atoms with Crippen LogP contribution in [0.3, 0.4) is 0 Å². The van der Waals surface area contributed by atoms with Gasteiger partial charge in [-0.25, -0.2) is 8.42 Å². The average Bonchev–Trinajstić information content (AvgIpc) is 2.91. The van der Waals surface area contributed by atoms with Crippen molar-refractivity contribution in [2.24, 2.45) is 5.92 Å². The van der Waals surface area contributed by atoms with Crippen LogP contribution in [-0.2, 0) is 21.2 Å². The molecule has 0 unspecified atom stereocenters. The van der Waals surface area contributed by atoms with Crippen molar-refractivity contribution in [1.82, 2.24) is 9.21 Å². The summed E-state index contributed by atoms with van der Waals surface area (Å²) in [6.45, 7) is 3.76. The van der Waals surface area contributed by atoms with Gasteiger partial charge in [-0.2, -0.15) is 4.31 Å². The van der Waals surface area contributed by atoms with E-state index >= 15 is 0 Å². The van der Waals surface area contributed by atoms with Gasteiger partial charge in [0, 0.05) is 25.6 Å². The van der Waals surface area contributed by atoms with Crippen molar-refractivity contribution >= 4 is 15.9 Å². The summed E-state index contributed by atoms with van der Waals surface area (Å²) >= 11 is 0. The number of carbonyl (C=O) groups is 1. The van der Waals surface area contributed by atoms with Crippen molar-refractivity contribution in [1.29, 1.82) is 0 Å². The van der Waals surface area contributed by atoms with E-state index in [2.05, 4.69) is 0 Å². The fraction of sp³-hybridized carbons (Fsp3) is 0.345. The van der Waals surface area contributed by atoms with E-state index in [1.165, 1.54) is 4.31 Å². The van der Waals surface area contributed by atoms with E-state index in [4.69, 9.17) is 4.74 Å². The molecule has 0 saturated heterocycles. The quantitative estimate of drug-likeness (QED) is 0.510. The van der Waals surface area contributed by atoms with E-state index in [1.807, 2.05) is 67.6 Å². The van der Waals surface area contributed by atoms with E-state index < -0.39 is 22.2 Å². The molecule has 1 aliphatic heterocycles. The highest BCUT2D eigenvalue weighted by Crippen LogP contribution is 2.36. The molecule has 0 radical (unpaired) electrons. The van der Waals surface area contributed by atoms with Gasteiger partial charge in [-0.3, -0.25) is 4.79 Å². The molecule has 3 atom stereocenters. The fourth-order valence-electron chi connectivity index (χ4n) is 4.53. The zero-order chi connectivity index (χ0) is 26.6. The number of amides is 1. The summed E-state index contributed by atoms with van der Waals surface area (Å²) in [5.41, 5.74) is 2.70. The van der Waals surface area contributed by atoms with Crippen LogP contribution < -0.4 is 4.74 Å². The third-order valence-electron chi connectivity index (χ3n) is 6.85. The molecule has 0 fully saturated rings. The summed E-state index contributed by atoms with van der Waals surface area (Å²) in [6, 6.07) is 23.7. The van der Waals surface area contributed by atoms with Crippen LogP contribution in [0.1, 0.15) is 19.4 Å². The average molecular weight is 523 g/mol. The van der Waals surface area contributed by atoms with Crippen molar-refractivity contribution in [3.8, 4) is 16.9 Å². The van der Waals surface area contributed by atoms with Crippen molar-refractivity contribution in [3.63, 3.8) is 0 Å². The minimum absolute atomic E-state index is 0.0458. The summed E-state index contributed by atoms with van der Waals surface area (Å²) in [6.07, 6.45) is -0.187. The van der Waals surface area contributed by atoms with Gasteiger partial charge in [0.2, 0.25) is 15.9 Å². The van der Waals surface area contributed by atoms with Crippen LogP contribution in [0.25, 0.3) is 11.1 Å². The van der Waals surface area contributed by atoms with Crippen LogP contribution in [0.2, 0.25) is 0 Å². The number of likely N-dealkylation sites (N-methyl/N-ethyl adjacent to an activating group) is 1.